The number of amides is 1. The first-order valence-corrected chi connectivity index (χ1v) is 10.0. The molecule has 1 aromatic heterocycles. The molecule has 0 atom stereocenters. The van der Waals surface area contributed by atoms with Gasteiger partial charge in [0.05, 0.1) is 0 Å². The number of benzene rings is 1. The van der Waals surface area contributed by atoms with Crippen molar-refractivity contribution in [3.8, 4) is 0 Å². The largest absolute Gasteiger partial charge is 0.459 e. The van der Waals surface area contributed by atoms with E-state index in [0.29, 0.717) is 18.9 Å². The van der Waals surface area contributed by atoms with E-state index in [-0.39, 0.29) is 24.0 Å². The number of guanidine groups is 1. The average Bonchev–Trinajstić information content (AvgIpc) is 2.99. The van der Waals surface area contributed by atoms with Crippen molar-refractivity contribution in [1.82, 2.24) is 15.5 Å². The van der Waals surface area contributed by atoms with E-state index in [1.165, 1.54) is 6.42 Å². The Morgan fingerprint density at radius 1 is 1.21 bits per heavy atom. The molecule has 28 heavy (non-hydrogen) atoms. The Labute approximate surface area is 184 Å². The molecule has 1 saturated heterocycles. The summed E-state index contributed by atoms with van der Waals surface area (Å²) in [5, 5.41) is 7.71. The number of halogens is 1. The van der Waals surface area contributed by atoms with Crippen molar-refractivity contribution in [1.29, 1.82) is 0 Å². The van der Waals surface area contributed by atoms with Crippen LogP contribution in [0.15, 0.2) is 39.7 Å². The van der Waals surface area contributed by atoms with Gasteiger partial charge in [0.15, 0.2) is 5.96 Å². The molecule has 6 nitrogen and oxygen atoms in total. The van der Waals surface area contributed by atoms with Gasteiger partial charge in [0.1, 0.15) is 17.9 Å². The molecular formula is C21H31IN4O2. The maximum Gasteiger partial charge on any atom is 0.222 e. The maximum atomic E-state index is 12.0. The first-order valence-electron chi connectivity index (χ1n) is 10.0. The minimum Gasteiger partial charge on any atom is -0.459 e. The highest BCUT2D eigenvalue weighted by molar-refractivity contribution is 14.0. The van der Waals surface area contributed by atoms with E-state index in [4.69, 9.17) is 4.42 Å². The summed E-state index contributed by atoms with van der Waals surface area (Å²) in [5.41, 5.74) is 0.891. The number of fused-ring (bicyclic) bond motifs is 1. The molecule has 2 heterocycles. The van der Waals surface area contributed by atoms with Crippen molar-refractivity contribution >= 4 is 46.8 Å². The van der Waals surface area contributed by atoms with E-state index in [2.05, 4.69) is 15.6 Å². The van der Waals surface area contributed by atoms with Crippen LogP contribution in [0.1, 0.15) is 44.8 Å². The van der Waals surface area contributed by atoms with Gasteiger partial charge in [-0.15, -0.1) is 24.0 Å². The van der Waals surface area contributed by atoms with Gasteiger partial charge in [-0.3, -0.25) is 4.79 Å². The Morgan fingerprint density at radius 2 is 2.07 bits per heavy atom. The summed E-state index contributed by atoms with van der Waals surface area (Å²) in [7, 11) is 0. The fraction of sp³-hybridized carbons (Fsp3) is 0.524. The summed E-state index contributed by atoms with van der Waals surface area (Å²) >= 11 is 0. The molecule has 3 rings (SSSR count). The number of furan rings is 1. The summed E-state index contributed by atoms with van der Waals surface area (Å²) in [6.45, 7) is 5.85. The third kappa shape index (κ3) is 6.68. The predicted molar refractivity (Wildman–Crippen MR) is 124 cm³/mol. The molecule has 0 unspecified atom stereocenters. The van der Waals surface area contributed by atoms with Crippen molar-refractivity contribution in [2.75, 3.05) is 26.2 Å². The number of likely N-dealkylation sites (tertiary alicyclic amines) is 1. The lowest BCUT2D eigenvalue weighted by molar-refractivity contribution is -0.130. The number of rotatable bonds is 7. The Kier molecular flexibility index (Phi) is 9.60. The minimum absolute atomic E-state index is 0. The van der Waals surface area contributed by atoms with E-state index in [1.54, 1.807) is 0 Å². The number of nitrogens with one attached hydrogen (secondary N) is 2. The number of hydrogen-bond donors (Lipinski definition) is 2. The number of carbonyl (C=O) groups is 1. The van der Waals surface area contributed by atoms with Crippen molar-refractivity contribution < 1.29 is 9.21 Å². The average molecular weight is 498 g/mol. The van der Waals surface area contributed by atoms with Crippen LogP contribution in [-0.2, 0) is 11.3 Å². The zero-order valence-corrected chi connectivity index (χ0v) is 18.9. The third-order valence-electron chi connectivity index (χ3n) is 4.78. The van der Waals surface area contributed by atoms with Crippen LogP contribution in [0.4, 0.5) is 0 Å². The van der Waals surface area contributed by atoms with Crippen LogP contribution >= 0.6 is 24.0 Å². The zero-order valence-electron chi connectivity index (χ0n) is 16.6. The van der Waals surface area contributed by atoms with Crippen molar-refractivity contribution in [3.05, 3.63) is 36.1 Å². The lowest BCUT2D eigenvalue weighted by Gasteiger charge is -2.20. The summed E-state index contributed by atoms with van der Waals surface area (Å²) in [5.74, 6) is 1.93. The van der Waals surface area contributed by atoms with E-state index in [1.807, 2.05) is 42.2 Å². The second-order valence-electron chi connectivity index (χ2n) is 6.92. The molecule has 0 saturated carbocycles. The highest BCUT2D eigenvalue weighted by Gasteiger charge is 2.15. The van der Waals surface area contributed by atoms with Gasteiger partial charge >= 0.3 is 0 Å². The van der Waals surface area contributed by atoms with E-state index >= 15 is 0 Å². The van der Waals surface area contributed by atoms with Crippen LogP contribution in [0.2, 0.25) is 0 Å². The van der Waals surface area contributed by atoms with E-state index in [9.17, 15) is 4.79 Å². The summed E-state index contributed by atoms with van der Waals surface area (Å²) < 4.78 is 5.82. The molecule has 0 spiro atoms. The number of hydrogen-bond acceptors (Lipinski definition) is 3. The zero-order chi connectivity index (χ0) is 18.9. The summed E-state index contributed by atoms with van der Waals surface area (Å²) in [6, 6.07) is 10.0. The molecule has 0 bridgehead atoms. The van der Waals surface area contributed by atoms with Crippen LogP contribution in [-0.4, -0.2) is 42.9 Å². The Balaban J connectivity index is 0.00000280. The third-order valence-corrected chi connectivity index (χ3v) is 4.78. The maximum absolute atomic E-state index is 12.0. The second kappa shape index (κ2) is 11.9. The predicted octanol–water partition coefficient (Wildman–Crippen LogP) is 3.90. The molecule has 1 aromatic carbocycles. The highest BCUT2D eigenvalue weighted by atomic mass is 127. The highest BCUT2D eigenvalue weighted by Crippen LogP contribution is 2.19. The minimum atomic E-state index is 0. The molecule has 0 radical (unpaired) electrons. The van der Waals surface area contributed by atoms with Gasteiger partial charge in [-0.05, 0) is 38.3 Å². The monoisotopic (exact) mass is 498 g/mol. The van der Waals surface area contributed by atoms with Gasteiger partial charge in [0, 0.05) is 38.0 Å². The number of aliphatic imine (C=N–C) groups is 1. The molecule has 1 amide bonds. The van der Waals surface area contributed by atoms with Crippen LogP contribution in [0, 0.1) is 0 Å². The van der Waals surface area contributed by atoms with E-state index < -0.39 is 0 Å². The van der Waals surface area contributed by atoms with Crippen molar-refractivity contribution in [3.63, 3.8) is 0 Å². The topological polar surface area (TPSA) is 69.9 Å². The Morgan fingerprint density at radius 3 is 2.89 bits per heavy atom. The summed E-state index contributed by atoms with van der Waals surface area (Å²) in [4.78, 5) is 18.7. The molecule has 2 aromatic rings. The number of carbonyl (C=O) groups excluding carboxylic acids is 1. The smallest absolute Gasteiger partial charge is 0.222 e. The lowest BCUT2D eigenvalue weighted by atomic mass is 10.2. The Bertz CT molecular complexity index is 742. The first-order chi connectivity index (χ1) is 13.3. The van der Waals surface area contributed by atoms with Gasteiger partial charge < -0.3 is 20.0 Å². The molecule has 2 N–H and O–H groups in total. The normalized spacial score (nSPS) is 15.2. The van der Waals surface area contributed by atoms with Crippen molar-refractivity contribution in [2.24, 2.45) is 4.99 Å². The van der Waals surface area contributed by atoms with Gasteiger partial charge in [0.2, 0.25) is 5.91 Å². The van der Waals surface area contributed by atoms with Crippen LogP contribution < -0.4 is 10.6 Å². The van der Waals surface area contributed by atoms with Gasteiger partial charge in [-0.25, -0.2) is 4.99 Å². The molecular weight excluding hydrogens is 467 g/mol. The van der Waals surface area contributed by atoms with E-state index in [0.717, 1.165) is 68.1 Å². The first kappa shape index (κ1) is 22.5. The van der Waals surface area contributed by atoms with Gasteiger partial charge in [-0.2, -0.15) is 0 Å². The van der Waals surface area contributed by atoms with Crippen molar-refractivity contribution in [2.45, 2.75) is 45.6 Å². The molecule has 7 heteroatoms. The second-order valence-corrected chi connectivity index (χ2v) is 6.92. The van der Waals surface area contributed by atoms with Gasteiger partial charge in [-0.1, -0.05) is 24.6 Å². The summed E-state index contributed by atoms with van der Waals surface area (Å²) in [6.07, 6.45) is 4.95. The Hall–Kier alpha value is -1.77. The van der Waals surface area contributed by atoms with Crippen LogP contribution in [0.3, 0.4) is 0 Å². The standard InChI is InChI=1S/C21H30N4O2.HI/c1-2-22-21(23-12-8-14-25-13-7-3-4-11-20(25)26)24-16-18-15-17-9-5-6-10-19(17)27-18;/h5-6,9-10,15H,2-4,7-8,11-14,16H2,1H3,(H2,22,23,24);1H. The van der Waals surface area contributed by atoms with Crippen LogP contribution in [0.25, 0.3) is 11.0 Å². The lowest BCUT2D eigenvalue weighted by Crippen LogP contribution is -2.39. The molecule has 0 aliphatic carbocycles. The van der Waals surface area contributed by atoms with Gasteiger partial charge in [0.25, 0.3) is 0 Å². The number of para-hydroxylation sites is 1. The molecule has 154 valence electrons. The number of nitrogens with zero attached hydrogens (tertiary/aromatic N) is 2. The fourth-order valence-electron chi connectivity index (χ4n) is 3.37. The molecule has 1 fully saturated rings. The SMILES string of the molecule is CCNC(=NCc1cc2ccccc2o1)NCCCN1CCCCCC1=O.I. The molecule has 1 aliphatic heterocycles. The quantitative estimate of drug-likeness (QED) is 0.263. The fourth-order valence-corrected chi connectivity index (χ4v) is 3.37. The van der Waals surface area contributed by atoms with Crippen LogP contribution in [0.5, 0.6) is 0 Å². The molecule has 1 aliphatic rings.